The van der Waals surface area contributed by atoms with E-state index in [1.54, 1.807) is 19.2 Å². The van der Waals surface area contributed by atoms with Crippen LogP contribution in [0, 0.1) is 0 Å². The summed E-state index contributed by atoms with van der Waals surface area (Å²) in [6.45, 7) is 4.86. The van der Waals surface area contributed by atoms with Gasteiger partial charge in [0.2, 0.25) is 5.95 Å². The van der Waals surface area contributed by atoms with E-state index in [0.29, 0.717) is 30.3 Å². The van der Waals surface area contributed by atoms with Gasteiger partial charge < -0.3 is 4.74 Å². The molecule has 2 aromatic rings. The minimum absolute atomic E-state index is 0.112. The molecule has 0 fully saturated rings. The Hall–Kier alpha value is -2.42. The topological polar surface area (TPSA) is 86.7 Å². The number of anilines is 1. The molecule has 0 saturated heterocycles. The monoisotopic (exact) mass is 320 g/mol. The van der Waals surface area contributed by atoms with Crippen LogP contribution in [-0.2, 0) is 18.8 Å². The van der Waals surface area contributed by atoms with E-state index in [9.17, 15) is 9.59 Å². The number of hydrazone groups is 1. The number of rotatable bonds is 3. The lowest BCUT2D eigenvalue weighted by Crippen LogP contribution is -2.38. The highest BCUT2D eigenvalue weighted by Crippen LogP contribution is 2.29. The van der Waals surface area contributed by atoms with Crippen LogP contribution in [0.4, 0.5) is 5.95 Å². The van der Waals surface area contributed by atoms with Gasteiger partial charge in [-0.2, -0.15) is 10.1 Å². The van der Waals surface area contributed by atoms with Crippen molar-refractivity contribution >= 4 is 22.8 Å². The van der Waals surface area contributed by atoms with E-state index in [4.69, 9.17) is 4.74 Å². The van der Waals surface area contributed by atoms with Crippen LogP contribution in [0.15, 0.2) is 14.7 Å². The van der Waals surface area contributed by atoms with E-state index in [1.165, 1.54) is 11.6 Å². The summed E-state index contributed by atoms with van der Waals surface area (Å²) >= 11 is 0. The van der Waals surface area contributed by atoms with Crippen molar-refractivity contribution in [2.45, 2.75) is 19.9 Å². The number of fused-ring (bicyclic) bond motifs is 3. The average molecular weight is 320 g/mol. The predicted molar refractivity (Wildman–Crippen MR) is 87.3 cm³/mol. The van der Waals surface area contributed by atoms with Crippen molar-refractivity contribution < 1.29 is 4.74 Å². The van der Waals surface area contributed by atoms with Crippen molar-refractivity contribution in [3.8, 4) is 0 Å². The van der Waals surface area contributed by atoms with Gasteiger partial charge in [0.15, 0.2) is 11.2 Å². The molecule has 0 spiro atoms. The van der Waals surface area contributed by atoms with Gasteiger partial charge in [-0.15, -0.1) is 0 Å². The number of ether oxygens (including phenoxy) is 1. The molecule has 0 N–H and O–H groups in total. The van der Waals surface area contributed by atoms with Gasteiger partial charge in [0.05, 0.1) is 24.9 Å². The van der Waals surface area contributed by atoms with Crippen LogP contribution in [0.5, 0.6) is 0 Å². The zero-order valence-electron chi connectivity index (χ0n) is 13.9. The molecule has 1 atom stereocenters. The first-order chi connectivity index (χ1) is 10.9. The second kappa shape index (κ2) is 5.34. The summed E-state index contributed by atoms with van der Waals surface area (Å²) in [7, 11) is 4.70. The van der Waals surface area contributed by atoms with Crippen molar-refractivity contribution in [3.63, 3.8) is 0 Å². The molecule has 9 heteroatoms. The molecule has 0 unspecified atom stereocenters. The highest BCUT2D eigenvalue weighted by Gasteiger charge is 2.29. The third kappa shape index (κ3) is 2.11. The number of methoxy groups -OCH3 is 1. The van der Waals surface area contributed by atoms with Gasteiger partial charge in [0, 0.05) is 21.2 Å². The summed E-state index contributed by atoms with van der Waals surface area (Å²) in [5.74, 6) is 0.549. The molecule has 0 bridgehead atoms. The minimum atomic E-state index is -0.397. The number of nitrogens with zero attached hydrogens (tertiary/aromatic N) is 6. The molecule has 0 radical (unpaired) electrons. The fraction of sp³-hybridized carbons (Fsp3) is 0.571. The molecular formula is C14H20N6O3. The summed E-state index contributed by atoms with van der Waals surface area (Å²) in [5, 5.41) is 6.24. The van der Waals surface area contributed by atoms with E-state index in [1.807, 2.05) is 18.4 Å². The zero-order chi connectivity index (χ0) is 16.9. The largest absolute Gasteiger partial charge is 0.383 e. The highest BCUT2D eigenvalue weighted by atomic mass is 16.5. The molecule has 9 nitrogen and oxygen atoms in total. The number of hydrogen-bond donors (Lipinski definition) is 0. The lowest BCUT2D eigenvalue weighted by Gasteiger charge is -2.28. The molecule has 124 valence electrons. The number of aromatic nitrogens is 4. The van der Waals surface area contributed by atoms with Crippen LogP contribution >= 0.6 is 0 Å². The molecule has 0 saturated carbocycles. The lowest BCUT2D eigenvalue weighted by atomic mass is 10.2. The molecule has 0 amide bonds. The fourth-order valence-electron chi connectivity index (χ4n) is 2.79. The van der Waals surface area contributed by atoms with Crippen molar-refractivity contribution in [3.05, 3.63) is 20.8 Å². The molecular weight excluding hydrogens is 300 g/mol. The van der Waals surface area contributed by atoms with Crippen molar-refractivity contribution in [1.82, 2.24) is 18.7 Å². The molecule has 0 aromatic carbocycles. The normalized spacial score (nSPS) is 17.5. The van der Waals surface area contributed by atoms with Gasteiger partial charge in [-0.25, -0.2) is 9.80 Å². The summed E-state index contributed by atoms with van der Waals surface area (Å²) < 4.78 is 9.44. The average Bonchev–Trinajstić information content (AvgIpc) is 2.94. The summed E-state index contributed by atoms with van der Waals surface area (Å²) in [5.41, 5.74) is 0.895. The maximum absolute atomic E-state index is 12.6. The van der Waals surface area contributed by atoms with E-state index < -0.39 is 5.69 Å². The Bertz CT molecular complexity index is 919. The van der Waals surface area contributed by atoms with Gasteiger partial charge in [0.25, 0.3) is 5.56 Å². The van der Waals surface area contributed by atoms with E-state index in [-0.39, 0.29) is 11.6 Å². The Morgan fingerprint density at radius 3 is 2.57 bits per heavy atom. The summed E-state index contributed by atoms with van der Waals surface area (Å²) in [6, 6.07) is -0.112. The third-order valence-electron chi connectivity index (χ3n) is 4.28. The molecule has 2 aromatic heterocycles. The van der Waals surface area contributed by atoms with Crippen molar-refractivity contribution in [2.75, 3.05) is 25.3 Å². The van der Waals surface area contributed by atoms with Crippen LogP contribution in [0.1, 0.15) is 19.9 Å². The van der Waals surface area contributed by atoms with Crippen molar-refractivity contribution in [2.24, 2.45) is 19.2 Å². The summed E-state index contributed by atoms with van der Waals surface area (Å²) in [6.07, 6.45) is 0. The Labute approximate surface area is 132 Å². The lowest BCUT2D eigenvalue weighted by molar-refractivity contribution is 0.204. The standard InChI is InChI=1S/C14H20N6O3/c1-8-9(2)20-10-11(17(3)14(22)18(4)12(10)21)15-13(20)19(16-8)6-7-23-5/h9H,6-7H2,1-5H3/t9-/m0/s1. The molecule has 23 heavy (non-hydrogen) atoms. The van der Waals surface area contributed by atoms with Crippen LogP contribution in [-0.4, -0.2) is 44.7 Å². The SMILES string of the molecule is COCCN1N=C(C)[C@H](C)n2c1nc1c2c(=O)n(C)c(=O)n1C. The first-order valence-electron chi connectivity index (χ1n) is 7.38. The molecule has 3 heterocycles. The van der Waals surface area contributed by atoms with Crippen LogP contribution in [0.25, 0.3) is 11.2 Å². The van der Waals surface area contributed by atoms with Crippen molar-refractivity contribution in [1.29, 1.82) is 0 Å². The Balaban J connectivity index is 2.36. The van der Waals surface area contributed by atoms with Gasteiger partial charge >= 0.3 is 5.69 Å². The van der Waals surface area contributed by atoms with Crippen LogP contribution in [0.3, 0.4) is 0 Å². The Morgan fingerprint density at radius 1 is 1.22 bits per heavy atom. The molecule has 1 aliphatic rings. The quantitative estimate of drug-likeness (QED) is 0.784. The number of imidazole rings is 1. The highest BCUT2D eigenvalue weighted by molar-refractivity contribution is 5.90. The van der Waals surface area contributed by atoms with Gasteiger partial charge in [-0.1, -0.05) is 0 Å². The van der Waals surface area contributed by atoms with Gasteiger partial charge in [-0.3, -0.25) is 18.5 Å². The first-order valence-corrected chi connectivity index (χ1v) is 7.38. The zero-order valence-corrected chi connectivity index (χ0v) is 13.9. The van der Waals surface area contributed by atoms with E-state index in [0.717, 1.165) is 10.3 Å². The summed E-state index contributed by atoms with van der Waals surface area (Å²) in [4.78, 5) is 29.3. The fourth-order valence-corrected chi connectivity index (χ4v) is 2.79. The first kappa shape index (κ1) is 15.5. The minimum Gasteiger partial charge on any atom is -0.383 e. The second-order valence-electron chi connectivity index (χ2n) is 5.69. The Morgan fingerprint density at radius 2 is 1.91 bits per heavy atom. The van der Waals surface area contributed by atoms with Gasteiger partial charge in [-0.05, 0) is 13.8 Å². The maximum Gasteiger partial charge on any atom is 0.332 e. The van der Waals surface area contributed by atoms with E-state index >= 15 is 0 Å². The number of aryl methyl sites for hydroxylation is 1. The Kier molecular flexibility index (Phi) is 3.59. The molecule has 3 rings (SSSR count). The third-order valence-corrected chi connectivity index (χ3v) is 4.28. The molecule has 1 aliphatic heterocycles. The van der Waals surface area contributed by atoms with Crippen LogP contribution in [0.2, 0.25) is 0 Å². The second-order valence-corrected chi connectivity index (χ2v) is 5.69. The maximum atomic E-state index is 12.6. The van der Waals surface area contributed by atoms with E-state index in [2.05, 4.69) is 10.1 Å². The molecule has 0 aliphatic carbocycles. The van der Waals surface area contributed by atoms with Gasteiger partial charge in [0.1, 0.15) is 0 Å². The number of hydrogen-bond acceptors (Lipinski definition) is 6. The smallest absolute Gasteiger partial charge is 0.332 e. The van der Waals surface area contributed by atoms with Crippen LogP contribution < -0.4 is 16.3 Å². The predicted octanol–water partition coefficient (Wildman–Crippen LogP) is -0.163.